The van der Waals surface area contributed by atoms with Gasteiger partial charge in [0.05, 0.1) is 23.1 Å². The van der Waals surface area contributed by atoms with E-state index >= 15 is 0 Å². The summed E-state index contributed by atoms with van der Waals surface area (Å²) in [6, 6.07) is 8.32. The van der Waals surface area contributed by atoms with E-state index < -0.39 is 0 Å². The predicted molar refractivity (Wildman–Crippen MR) is 101 cm³/mol. The Hall–Kier alpha value is -2.27. The van der Waals surface area contributed by atoms with E-state index in [4.69, 9.17) is 9.72 Å². The number of fused-ring (bicyclic) bond motifs is 1. The van der Waals surface area contributed by atoms with Crippen molar-refractivity contribution in [2.24, 2.45) is 0 Å². The topological polar surface area (TPSA) is 64.1 Å². The van der Waals surface area contributed by atoms with Crippen molar-refractivity contribution in [1.29, 1.82) is 0 Å². The summed E-state index contributed by atoms with van der Waals surface area (Å²) in [7, 11) is 0. The second-order valence-corrected chi connectivity index (χ2v) is 7.36. The number of anilines is 1. The molecule has 5 nitrogen and oxygen atoms in total. The molecule has 0 bridgehead atoms. The number of ether oxygens (including phenoxy) is 1. The Morgan fingerprint density at radius 2 is 2.04 bits per heavy atom. The number of ketones is 1. The molecular formula is C21H25N3O2. The van der Waals surface area contributed by atoms with Crippen LogP contribution >= 0.6 is 0 Å². The van der Waals surface area contributed by atoms with Gasteiger partial charge in [-0.25, -0.2) is 9.97 Å². The summed E-state index contributed by atoms with van der Waals surface area (Å²) in [6.45, 7) is 5.56. The molecule has 1 aromatic carbocycles. The highest BCUT2D eigenvalue weighted by Gasteiger charge is 2.30. The summed E-state index contributed by atoms with van der Waals surface area (Å²) in [5, 5.41) is 3.30. The first-order valence-electron chi connectivity index (χ1n) is 9.43. The molecule has 1 aromatic heterocycles. The van der Waals surface area contributed by atoms with Crippen molar-refractivity contribution in [3.63, 3.8) is 0 Å². The number of hydrogen-bond donors (Lipinski definition) is 1. The Morgan fingerprint density at radius 3 is 2.81 bits per heavy atom. The molecule has 0 radical (unpaired) electrons. The number of carbonyl (C=O) groups is 1. The summed E-state index contributed by atoms with van der Waals surface area (Å²) in [5.41, 5.74) is 4.85. The highest BCUT2D eigenvalue weighted by molar-refractivity contribution is 5.99. The molecule has 5 heteroatoms. The normalized spacial score (nSPS) is 22.3. The zero-order valence-electron chi connectivity index (χ0n) is 15.4. The van der Waals surface area contributed by atoms with Gasteiger partial charge in [0.2, 0.25) is 5.95 Å². The third kappa shape index (κ3) is 3.36. The Bertz CT molecular complexity index is 828. The molecule has 0 amide bonds. The highest BCUT2D eigenvalue weighted by atomic mass is 16.5. The monoisotopic (exact) mass is 351 g/mol. The number of aromatic nitrogens is 2. The van der Waals surface area contributed by atoms with Crippen LogP contribution in [0.1, 0.15) is 58.1 Å². The van der Waals surface area contributed by atoms with Crippen molar-refractivity contribution < 1.29 is 9.53 Å². The van der Waals surface area contributed by atoms with Gasteiger partial charge in [-0.05, 0) is 50.2 Å². The molecular weight excluding hydrogens is 326 g/mol. The van der Waals surface area contributed by atoms with Crippen molar-refractivity contribution in [1.82, 2.24) is 9.97 Å². The standard InChI is InChI=1S/C21H25N3O2/c1-13-6-3-4-8-17(13)15-10-18-20(19(25)11-15)14(2)23-21(24-18)22-12-16-7-5-9-26-16/h3-4,6,8,15-16H,5,7,9-12H2,1-2H3,(H,22,23,24)/t15-,16-/m0/s1. The lowest BCUT2D eigenvalue weighted by atomic mass is 9.80. The molecule has 1 N–H and O–H groups in total. The van der Waals surface area contributed by atoms with Gasteiger partial charge in [-0.3, -0.25) is 4.79 Å². The van der Waals surface area contributed by atoms with Gasteiger partial charge < -0.3 is 10.1 Å². The molecule has 2 heterocycles. The number of benzene rings is 1. The van der Waals surface area contributed by atoms with Gasteiger partial charge in [0, 0.05) is 19.6 Å². The summed E-state index contributed by atoms with van der Waals surface area (Å²) in [5.74, 6) is 0.953. The number of nitrogens with one attached hydrogen (secondary N) is 1. The Balaban J connectivity index is 1.58. The van der Waals surface area contributed by atoms with Gasteiger partial charge in [0.15, 0.2) is 5.78 Å². The Kier molecular flexibility index (Phi) is 4.72. The van der Waals surface area contributed by atoms with E-state index in [1.165, 1.54) is 11.1 Å². The van der Waals surface area contributed by atoms with Crippen molar-refractivity contribution in [2.45, 2.75) is 51.6 Å². The van der Waals surface area contributed by atoms with Gasteiger partial charge >= 0.3 is 0 Å². The fraction of sp³-hybridized carbons (Fsp3) is 0.476. The zero-order valence-corrected chi connectivity index (χ0v) is 15.4. The average molecular weight is 351 g/mol. The maximum Gasteiger partial charge on any atom is 0.223 e. The third-order valence-corrected chi connectivity index (χ3v) is 5.46. The fourth-order valence-electron chi connectivity index (χ4n) is 4.13. The van der Waals surface area contributed by atoms with Gasteiger partial charge in [0.1, 0.15) is 0 Å². The van der Waals surface area contributed by atoms with Crippen molar-refractivity contribution in [3.8, 4) is 0 Å². The van der Waals surface area contributed by atoms with Crippen LogP contribution in [0.25, 0.3) is 0 Å². The molecule has 0 spiro atoms. The summed E-state index contributed by atoms with van der Waals surface area (Å²) in [6.07, 6.45) is 3.74. The first kappa shape index (κ1) is 17.2. The highest BCUT2D eigenvalue weighted by Crippen LogP contribution is 2.34. The summed E-state index contributed by atoms with van der Waals surface area (Å²) < 4.78 is 5.65. The largest absolute Gasteiger partial charge is 0.376 e. The minimum absolute atomic E-state index is 0.155. The average Bonchev–Trinajstić information content (AvgIpc) is 3.13. The van der Waals surface area contributed by atoms with Crippen molar-refractivity contribution in [2.75, 3.05) is 18.5 Å². The number of hydrogen-bond acceptors (Lipinski definition) is 5. The van der Waals surface area contributed by atoms with Gasteiger partial charge in [0.25, 0.3) is 0 Å². The Morgan fingerprint density at radius 1 is 1.19 bits per heavy atom. The van der Waals surface area contributed by atoms with Crippen LogP contribution < -0.4 is 5.32 Å². The first-order valence-corrected chi connectivity index (χ1v) is 9.43. The smallest absolute Gasteiger partial charge is 0.223 e. The summed E-state index contributed by atoms with van der Waals surface area (Å²) in [4.78, 5) is 22.0. The Labute approximate surface area is 154 Å². The molecule has 2 atom stereocenters. The maximum atomic E-state index is 12.8. The second-order valence-electron chi connectivity index (χ2n) is 7.36. The van der Waals surface area contributed by atoms with E-state index in [-0.39, 0.29) is 17.8 Å². The molecule has 2 aliphatic rings. The van der Waals surface area contributed by atoms with Crippen LogP contribution in [0.3, 0.4) is 0 Å². The molecule has 4 rings (SSSR count). The lowest BCUT2D eigenvalue weighted by Gasteiger charge is -2.26. The number of Topliss-reactive ketones (excluding diaryl/α,β-unsaturated/α-hetero) is 1. The summed E-state index contributed by atoms with van der Waals surface area (Å²) >= 11 is 0. The molecule has 1 aliphatic heterocycles. The molecule has 1 aliphatic carbocycles. The number of nitrogens with zero attached hydrogens (tertiary/aromatic N) is 2. The lowest BCUT2D eigenvalue weighted by Crippen LogP contribution is -2.25. The molecule has 26 heavy (non-hydrogen) atoms. The van der Waals surface area contributed by atoms with Crippen LogP contribution in [0.5, 0.6) is 0 Å². The van der Waals surface area contributed by atoms with Crippen molar-refractivity contribution >= 4 is 11.7 Å². The molecule has 1 fully saturated rings. The number of aryl methyl sites for hydroxylation is 2. The first-order chi connectivity index (χ1) is 12.6. The van der Waals surface area contributed by atoms with Crippen LogP contribution in [-0.4, -0.2) is 35.0 Å². The van der Waals surface area contributed by atoms with Crippen LogP contribution in [0.15, 0.2) is 24.3 Å². The molecule has 0 unspecified atom stereocenters. The van der Waals surface area contributed by atoms with Crippen LogP contribution in [-0.2, 0) is 11.2 Å². The third-order valence-electron chi connectivity index (χ3n) is 5.46. The second kappa shape index (κ2) is 7.16. The molecule has 136 valence electrons. The van der Waals surface area contributed by atoms with Crippen LogP contribution in [0.4, 0.5) is 5.95 Å². The molecule has 1 saturated heterocycles. The number of rotatable bonds is 4. The zero-order chi connectivity index (χ0) is 18.1. The fourth-order valence-corrected chi connectivity index (χ4v) is 4.13. The lowest BCUT2D eigenvalue weighted by molar-refractivity contribution is 0.0961. The SMILES string of the molecule is Cc1ccccc1[C@@H]1CC(=O)c2c(C)nc(NC[C@@H]3CCCO3)nc2C1. The van der Waals surface area contributed by atoms with Crippen LogP contribution in [0.2, 0.25) is 0 Å². The van der Waals surface area contributed by atoms with E-state index in [9.17, 15) is 4.79 Å². The van der Waals surface area contributed by atoms with Crippen molar-refractivity contribution in [3.05, 3.63) is 52.3 Å². The minimum Gasteiger partial charge on any atom is -0.376 e. The van der Waals surface area contributed by atoms with E-state index in [1.807, 2.05) is 19.1 Å². The number of carbonyl (C=O) groups excluding carboxylic acids is 1. The minimum atomic E-state index is 0.155. The van der Waals surface area contributed by atoms with Gasteiger partial charge in [-0.2, -0.15) is 0 Å². The van der Waals surface area contributed by atoms with E-state index in [2.05, 4.69) is 29.4 Å². The van der Waals surface area contributed by atoms with E-state index in [0.717, 1.165) is 42.8 Å². The van der Waals surface area contributed by atoms with E-state index in [0.29, 0.717) is 18.9 Å². The molecule has 2 aromatic rings. The van der Waals surface area contributed by atoms with Gasteiger partial charge in [-0.1, -0.05) is 24.3 Å². The van der Waals surface area contributed by atoms with E-state index in [1.54, 1.807) is 0 Å². The van der Waals surface area contributed by atoms with Crippen LogP contribution in [0, 0.1) is 13.8 Å². The van der Waals surface area contributed by atoms with Gasteiger partial charge in [-0.15, -0.1) is 0 Å². The molecule has 0 saturated carbocycles. The predicted octanol–water partition coefficient (Wildman–Crippen LogP) is 3.60. The maximum absolute atomic E-state index is 12.8. The quantitative estimate of drug-likeness (QED) is 0.912.